The van der Waals surface area contributed by atoms with Crippen molar-refractivity contribution in [3.63, 3.8) is 0 Å². The van der Waals surface area contributed by atoms with Gasteiger partial charge < -0.3 is 9.47 Å². The van der Waals surface area contributed by atoms with Crippen LogP contribution in [0, 0.1) is 11.3 Å². The molecule has 0 bridgehead atoms. The molecule has 0 saturated heterocycles. The first-order valence-electron chi connectivity index (χ1n) is 5.42. The number of hydrogen-bond donors (Lipinski definition) is 0. The van der Waals surface area contributed by atoms with Gasteiger partial charge in [0.05, 0.1) is 35.9 Å². The Kier molecular flexibility index (Phi) is 5.66. The molecule has 1 aromatic carbocycles. The van der Waals surface area contributed by atoms with E-state index >= 15 is 0 Å². The molecule has 0 aliphatic carbocycles. The maximum absolute atomic E-state index is 10.9. The smallest absolute Gasteiger partial charge is 0.141 e. The first-order chi connectivity index (χ1) is 9.55. The van der Waals surface area contributed by atoms with Gasteiger partial charge in [0.25, 0.3) is 0 Å². The summed E-state index contributed by atoms with van der Waals surface area (Å²) >= 11 is 12.4. The van der Waals surface area contributed by atoms with Gasteiger partial charge in [0.1, 0.15) is 23.4 Å². The van der Waals surface area contributed by atoms with Crippen molar-refractivity contribution in [3.8, 4) is 17.6 Å². The molecule has 4 nitrogen and oxygen atoms in total. The Bertz CT molecular complexity index is 600. The van der Waals surface area contributed by atoms with Crippen molar-refractivity contribution < 1.29 is 14.3 Å². The number of allylic oxidation sites excluding steroid dienone is 2. The van der Waals surface area contributed by atoms with Gasteiger partial charge in [-0.05, 0) is 0 Å². The van der Waals surface area contributed by atoms with Gasteiger partial charge in [-0.1, -0.05) is 35.9 Å². The van der Waals surface area contributed by atoms with E-state index in [2.05, 4.69) is 6.58 Å². The van der Waals surface area contributed by atoms with Gasteiger partial charge >= 0.3 is 0 Å². The molecular formula is C14H11Cl2NO3. The fourth-order valence-corrected chi connectivity index (χ4v) is 2.39. The van der Waals surface area contributed by atoms with Gasteiger partial charge in [0.15, 0.2) is 0 Å². The van der Waals surface area contributed by atoms with Crippen LogP contribution in [0.4, 0.5) is 0 Å². The lowest BCUT2D eigenvalue weighted by molar-refractivity contribution is 0.393. The summed E-state index contributed by atoms with van der Waals surface area (Å²) in [4.78, 5) is 10.9. The Morgan fingerprint density at radius 3 is 2.15 bits per heavy atom. The zero-order chi connectivity index (χ0) is 15.3. The van der Waals surface area contributed by atoms with E-state index in [4.69, 9.17) is 32.7 Å². The van der Waals surface area contributed by atoms with Crippen LogP contribution in [0.25, 0.3) is 0 Å². The fraction of sp³-hybridized carbons (Fsp3) is 0.214. The second-order valence-corrected chi connectivity index (χ2v) is 4.40. The van der Waals surface area contributed by atoms with Crippen molar-refractivity contribution >= 4 is 29.1 Å². The van der Waals surface area contributed by atoms with Crippen molar-refractivity contribution in [3.05, 3.63) is 39.9 Å². The molecule has 1 unspecified atom stereocenters. The third-order valence-corrected chi connectivity index (χ3v) is 3.45. The zero-order valence-electron chi connectivity index (χ0n) is 10.9. The molecule has 0 fully saturated rings. The second-order valence-electron chi connectivity index (χ2n) is 3.65. The molecule has 104 valence electrons. The van der Waals surface area contributed by atoms with Gasteiger partial charge in [0.2, 0.25) is 0 Å². The van der Waals surface area contributed by atoms with E-state index in [-0.39, 0.29) is 32.7 Å². The topological polar surface area (TPSA) is 59.3 Å². The second kappa shape index (κ2) is 7.02. The average Bonchev–Trinajstić information content (AvgIpc) is 2.47. The quantitative estimate of drug-likeness (QED) is 0.616. The van der Waals surface area contributed by atoms with Crippen LogP contribution in [0.1, 0.15) is 11.5 Å². The number of hydrogen-bond acceptors (Lipinski definition) is 4. The highest BCUT2D eigenvalue weighted by atomic mass is 35.5. The monoisotopic (exact) mass is 311 g/mol. The number of rotatable bonds is 5. The third-order valence-electron chi connectivity index (χ3n) is 2.67. The van der Waals surface area contributed by atoms with E-state index < -0.39 is 5.92 Å². The number of carbonyl (C=O) groups excluding carboxylic acids is 1. The fourth-order valence-electron chi connectivity index (χ4n) is 1.67. The highest BCUT2D eigenvalue weighted by molar-refractivity contribution is 6.38. The largest absolute Gasteiger partial charge is 0.495 e. The maximum atomic E-state index is 10.9. The number of benzene rings is 1. The summed E-state index contributed by atoms with van der Waals surface area (Å²) < 4.78 is 10.2. The molecule has 0 aromatic heterocycles. The molecule has 0 saturated carbocycles. The number of methoxy groups -OCH3 is 2. The molecule has 0 spiro atoms. The molecule has 0 aliphatic rings. The van der Waals surface area contributed by atoms with Gasteiger partial charge in [-0.15, -0.1) is 0 Å². The Morgan fingerprint density at radius 1 is 1.35 bits per heavy atom. The van der Waals surface area contributed by atoms with Gasteiger partial charge in [0, 0.05) is 11.6 Å². The first kappa shape index (κ1) is 16.1. The standard InChI is InChI=1S/C14H11Cl2NO3/c1-4-8(7-18)9(6-17)12-13(15)10(19-2)5-11(20-3)14(12)16/h4-5,9H,1H2,2-3H3. The SMILES string of the molecule is C=CC(=C=O)C(C#N)c1c(Cl)c(OC)cc(OC)c1Cl. The Balaban J connectivity index is 3.69. The van der Waals surface area contributed by atoms with E-state index in [1.54, 1.807) is 5.94 Å². The zero-order valence-corrected chi connectivity index (χ0v) is 12.4. The summed E-state index contributed by atoms with van der Waals surface area (Å²) in [6.45, 7) is 3.47. The van der Waals surface area contributed by atoms with Crippen molar-refractivity contribution in [2.24, 2.45) is 0 Å². The van der Waals surface area contributed by atoms with Crippen molar-refractivity contribution in [2.75, 3.05) is 14.2 Å². The highest BCUT2D eigenvalue weighted by Gasteiger charge is 2.26. The minimum Gasteiger partial charge on any atom is -0.495 e. The molecule has 6 heteroatoms. The number of halogens is 2. The number of nitrogens with zero attached hydrogens (tertiary/aromatic N) is 1. The molecule has 0 amide bonds. The van der Waals surface area contributed by atoms with Crippen molar-refractivity contribution in [1.82, 2.24) is 0 Å². The van der Waals surface area contributed by atoms with E-state index in [0.29, 0.717) is 0 Å². The van der Waals surface area contributed by atoms with E-state index in [1.807, 2.05) is 6.07 Å². The summed E-state index contributed by atoms with van der Waals surface area (Å²) in [5.74, 6) is 1.23. The molecule has 1 rings (SSSR count). The first-order valence-corrected chi connectivity index (χ1v) is 6.18. The minimum atomic E-state index is -1.01. The maximum Gasteiger partial charge on any atom is 0.141 e. The summed E-state index contributed by atoms with van der Waals surface area (Å²) in [6.07, 6.45) is 1.24. The molecule has 0 aliphatic heterocycles. The Morgan fingerprint density at radius 2 is 1.85 bits per heavy atom. The van der Waals surface area contributed by atoms with Gasteiger partial charge in [-0.3, -0.25) is 0 Å². The minimum absolute atomic E-state index is 0.0339. The summed E-state index contributed by atoms with van der Waals surface area (Å²) in [5, 5.41) is 9.57. The lowest BCUT2D eigenvalue weighted by Gasteiger charge is -2.17. The molecule has 0 radical (unpaired) electrons. The highest BCUT2D eigenvalue weighted by Crippen LogP contribution is 2.45. The predicted molar refractivity (Wildman–Crippen MR) is 77.3 cm³/mol. The van der Waals surface area contributed by atoms with Gasteiger partial charge in [-0.25, -0.2) is 4.79 Å². The van der Waals surface area contributed by atoms with Crippen LogP contribution >= 0.6 is 23.2 Å². The number of nitriles is 1. The van der Waals surface area contributed by atoms with Crippen LogP contribution in [0.3, 0.4) is 0 Å². The molecule has 1 aromatic rings. The molecule has 0 heterocycles. The van der Waals surface area contributed by atoms with Crippen LogP contribution in [-0.2, 0) is 4.79 Å². The van der Waals surface area contributed by atoms with E-state index in [0.717, 1.165) is 0 Å². The number of ether oxygens (including phenoxy) is 2. The normalized spacial score (nSPS) is 10.9. The van der Waals surface area contributed by atoms with Crippen LogP contribution in [0.5, 0.6) is 11.5 Å². The average molecular weight is 312 g/mol. The van der Waals surface area contributed by atoms with Gasteiger partial charge in [-0.2, -0.15) is 5.26 Å². The van der Waals surface area contributed by atoms with Crippen molar-refractivity contribution in [1.29, 1.82) is 5.26 Å². The summed E-state index contributed by atoms with van der Waals surface area (Å²) in [6, 6.07) is 3.45. The van der Waals surface area contributed by atoms with Crippen molar-refractivity contribution in [2.45, 2.75) is 5.92 Å². The Labute approximate surface area is 126 Å². The molecule has 0 N–H and O–H groups in total. The van der Waals surface area contributed by atoms with Crippen LogP contribution in [0.15, 0.2) is 24.3 Å². The predicted octanol–water partition coefficient (Wildman–Crippen LogP) is 3.56. The van der Waals surface area contributed by atoms with E-state index in [9.17, 15) is 10.1 Å². The summed E-state index contributed by atoms with van der Waals surface area (Å²) in [5.41, 5.74) is 0.261. The summed E-state index contributed by atoms with van der Waals surface area (Å²) in [7, 11) is 2.84. The van der Waals surface area contributed by atoms with Crippen LogP contribution < -0.4 is 9.47 Å². The molecular weight excluding hydrogens is 301 g/mol. The lowest BCUT2D eigenvalue weighted by atomic mass is 9.92. The Hall–Kier alpha value is -1.92. The third kappa shape index (κ3) is 2.81. The van der Waals surface area contributed by atoms with E-state index in [1.165, 1.54) is 26.4 Å². The molecule has 20 heavy (non-hydrogen) atoms. The van der Waals surface area contributed by atoms with Crippen LogP contribution in [-0.4, -0.2) is 20.2 Å². The van der Waals surface area contributed by atoms with Crippen LogP contribution in [0.2, 0.25) is 10.0 Å². The molecule has 1 atom stereocenters. The lowest BCUT2D eigenvalue weighted by Crippen LogP contribution is -2.04.